The van der Waals surface area contributed by atoms with Crippen molar-refractivity contribution in [1.29, 1.82) is 0 Å². The lowest BCUT2D eigenvalue weighted by molar-refractivity contribution is 0.0413. The Labute approximate surface area is 90.2 Å². The lowest BCUT2D eigenvalue weighted by Gasteiger charge is -2.15. The number of hydrogen-bond acceptors (Lipinski definition) is 4. The maximum absolute atomic E-state index is 9.51. The van der Waals surface area contributed by atoms with Crippen LogP contribution in [0.15, 0.2) is 22.8 Å². The van der Waals surface area contributed by atoms with Gasteiger partial charge in [-0.2, -0.15) is 0 Å². The first-order valence-electron chi connectivity index (χ1n) is 5.26. The van der Waals surface area contributed by atoms with Crippen molar-refractivity contribution in [3.05, 3.63) is 24.2 Å². The van der Waals surface area contributed by atoms with Crippen LogP contribution in [-0.2, 0) is 4.74 Å². The van der Waals surface area contributed by atoms with Crippen LogP contribution in [0.2, 0.25) is 0 Å². The molecule has 0 aliphatic carbocycles. The van der Waals surface area contributed by atoms with Gasteiger partial charge in [0, 0.05) is 13.2 Å². The summed E-state index contributed by atoms with van der Waals surface area (Å²) in [5.74, 6) is 0.874. The summed E-state index contributed by atoms with van der Waals surface area (Å²) in [5, 5.41) is 12.7. The minimum atomic E-state index is -0.470. The molecule has 1 unspecified atom stereocenters. The van der Waals surface area contributed by atoms with Gasteiger partial charge in [-0.1, -0.05) is 0 Å². The second-order valence-electron chi connectivity index (χ2n) is 3.46. The Bertz CT molecular complexity index is 248. The van der Waals surface area contributed by atoms with E-state index >= 15 is 0 Å². The first-order valence-corrected chi connectivity index (χ1v) is 5.26. The second-order valence-corrected chi connectivity index (χ2v) is 3.46. The van der Waals surface area contributed by atoms with Crippen molar-refractivity contribution >= 4 is 0 Å². The van der Waals surface area contributed by atoms with E-state index in [4.69, 9.17) is 9.15 Å². The standard InChI is InChI=1S/C11H19NO3/c1-3-14-8-10(13)7-12-9(2)11-5-4-6-15-11/h4-6,9-10,12-13H,3,7-8H2,1-2H3/t9-,10?/m1/s1. The van der Waals surface area contributed by atoms with Crippen LogP contribution in [-0.4, -0.2) is 31.0 Å². The summed E-state index contributed by atoms with van der Waals surface area (Å²) in [5.41, 5.74) is 0. The van der Waals surface area contributed by atoms with Gasteiger partial charge in [0.15, 0.2) is 0 Å². The fourth-order valence-electron chi connectivity index (χ4n) is 1.26. The molecule has 4 nitrogen and oxygen atoms in total. The van der Waals surface area contributed by atoms with Gasteiger partial charge in [-0.05, 0) is 26.0 Å². The zero-order chi connectivity index (χ0) is 11.1. The molecule has 2 atom stereocenters. The maximum Gasteiger partial charge on any atom is 0.120 e. The number of nitrogens with one attached hydrogen (secondary N) is 1. The predicted molar refractivity (Wildman–Crippen MR) is 57.6 cm³/mol. The zero-order valence-corrected chi connectivity index (χ0v) is 9.27. The van der Waals surface area contributed by atoms with E-state index in [1.807, 2.05) is 26.0 Å². The third kappa shape index (κ3) is 4.46. The summed E-state index contributed by atoms with van der Waals surface area (Å²) in [4.78, 5) is 0. The van der Waals surface area contributed by atoms with Gasteiger partial charge in [-0.25, -0.2) is 0 Å². The minimum absolute atomic E-state index is 0.108. The Balaban J connectivity index is 2.19. The Hall–Kier alpha value is -0.840. The van der Waals surface area contributed by atoms with Crippen LogP contribution >= 0.6 is 0 Å². The third-order valence-electron chi connectivity index (χ3n) is 2.14. The number of furan rings is 1. The first-order chi connectivity index (χ1) is 7.24. The van der Waals surface area contributed by atoms with Crippen LogP contribution < -0.4 is 5.32 Å². The zero-order valence-electron chi connectivity index (χ0n) is 9.27. The van der Waals surface area contributed by atoms with E-state index < -0.39 is 6.10 Å². The lowest BCUT2D eigenvalue weighted by atomic mass is 10.2. The number of aliphatic hydroxyl groups is 1. The molecule has 0 amide bonds. The second kappa shape index (κ2) is 6.61. The highest BCUT2D eigenvalue weighted by molar-refractivity contribution is 5.02. The summed E-state index contributed by atoms with van der Waals surface area (Å²) in [6, 6.07) is 3.87. The molecule has 1 aromatic heterocycles. The van der Waals surface area contributed by atoms with E-state index in [0.29, 0.717) is 19.8 Å². The van der Waals surface area contributed by atoms with E-state index in [1.54, 1.807) is 6.26 Å². The van der Waals surface area contributed by atoms with Gasteiger partial charge >= 0.3 is 0 Å². The summed E-state index contributed by atoms with van der Waals surface area (Å²) >= 11 is 0. The minimum Gasteiger partial charge on any atom is -0.468 e. The van der Waals surface area contributed by atoms with Gasteiger partial charge in [0.05, 0.1) is 25.0 Å². The molecule has 0 bridgehead atoms. The molecular weight excluding hydrogens is 194 g/mol. The van der Waals surface area contributed by atoms with Crippen molar-refractivity contribution < 1.29 is 14.3 Å². The predicted octanol–water partition coefficient (Wildman–Crippen LogP) is 1.33. The molecule has 0 saturated heterocycles. The Morgan fingerprint density at radius 3 is 3.00 bits per heavy atom. The molecule has 2 N–H and O–H groups in total. The van der Waals surface area contributed by atoms with Gasteiger partial charge < -0.3 is 19.6 Å². The van der Waals surface area contributed by atoms with Crippen LogP contribution in [0.1, 0.15) is 25.6 Å². The van der Waals surface area contributed by atoms with Crippen LogP contribution in [0.4, 0.5) is 0 Å². The van der Waals surface area contributed by atoms with Gasteiger partial charge in [0.25, 0.3) is 0 Å². The molecule has 1 rings (SSSR count). The van der Waals surface area contributed by atoms with E-state index in [9.17, 15) is 5.11 Å². The third-order valence-corrected chi connectivity index (χ3v) is 2.14. The Morgan fingerprint density at radius 2 is 2.40 bits per heavy atom. The van der Waals surface area contributed by atoms with Gasteiger partial charge in [-0.15, -0.1) is 0 Å². The van der Waals surface area contributed by atoms with Crippen molar-refractivity contribution in [1.82, 2.24) is 5.32 Å². The SMILES string of the molecule is CCOCC(O)CN[C@H](C)c1ccco1. The van der Waals surface area contributed by atoms with Crippen molar-refractivity contribution in [2.24, 2.45) is 0 Å². The first kappa shape index (κ1) is 12.2. The number of ether oxygens (including phenoxy) is 1. The van der Waals surface area contributed by atoms with E-state index in [-0.39, 0.29) is 6.04 Å². The van der Waals surface area contributed by atoms with Crippen molar-refractivity contribution in [2.75, 3.05) is 19.8 Å². The van der Waals surface area contributed by atoms with Crippen molar-refractivity contribution in [3.8, 4) is 0 Å². The smallest absolute Gasteiger partial charge is 0.120 e. The maximum atomic E-state index is 9.51. The van der Waals surface area contributed by atoms with Gasteiger partial charge in [0.1, 0.15) is 5.76 Å². The van der Waals surface area contributed by atoms with Crippen LogP contribution in [0.5, 0.6) is 0 Å². The number of rotatable bonds is 7. The summed E-state index contributed by atoms with van der Waals surface area (Å²) in [7, 11) is 0. The molecule has 4 heteroatoms. The fraction of sp³-hybridized carbons (Fsp3) is 0.636. The van der Waals surface area contributed by atoms with Crippen molar-refractivity contribution in [3.63, 3.8) is 0 Å². The summed E-state index contributed by atoms with van der Waals surface area (Å²) < 4.78 is 10.3. The van der Waals surface area contributed by atoms with Crippen LogP contribution in [0.3, 0.4) is 0 Å². The molecule has 0 aliphatic heterocycles. The average Bonchev–Trinajstić information content (AvgIpc) is 2.76. The van der Waals surface area contributed by atoms with Gasteiger partial charge in [-0.3, -0.25) is 0 Å². The van der Waals surface area contributed by atoms with E-state index in [1.165, 1.54) is 0 Å². The average molecular weight is 213 g/mol. The van der Waals surface area contributed by atoms with E-state index in [2.05, 4.69) is 5.32 Å². The number of aliphatic hydroxyl groups excluding tert-OH is 1. The highest BCUT2D eigenvalue weighted by Gasteiger charge is 2.10. The van der Waals surface area contributed by atoms with Crippen LogP contribution in [0, 0.1) is 0 Å². The quantitative estimate of drug-likeness (QED) is 0.717. The van der Waals surface area contributed by atoms with Crippen LogP contribution in [0.25, 0.3) is 0 Å². The topological polar surface area (TPSA) is 54.6 Å². The largest absolute Gasteiger partial charge is 0.468 e. The molecule has 0 aliphatic rings. The molecule has 0 saturated carbocycles. The highest BCUT2D eigenvalue weighted by Crippen LogP contribution is 2.11. The fourth-order valence-corrected chi connectivity index (χ4v) is 1.26. The highest BCUT2D eigenvalue weighted by atomic mass is 16.5. The van der Waals surface area contributed by atoms with Gasteiger partial charge in [0.2, 0.25) is 0 Å². The van der Waals surface area contributed by atoms with Crippen molar-refractivity contribution in [2.45, 2.75) is 26.0 Å². The molecule has 0 spiro atoms. The molecule has 1 heterocycles. The normalized spacial score (nSPS) is 15.1. The monoisotopic (exact) mass is 213 g/mol. The Kier molecular flexibility index (Phi) is 5.39. The molecule has 15 heavy (non-hydrogen) atoms. The molecular formula is C11H19NO3. The molecule has 1 aromatic rings. The lowest BCUT2D eigenvalue weighted by Crippen LogP contribution is -2.32. The van der Waals surface area contributed by atoms with E-state index in [0.717, 1.165) is 5.76 Å². The summed E-state index contributed by atoms with van der Waals surface area (Å²) in [6.07, 6.45) is 1.17. The Morgan fingerprint density at radius 1 is 1.60 bits per heavy atom. The molecule has 86 valence electrons. The summed E-state index contributed by atoms with van der Waals surface area (Å²) in [6.45, 7) is 5.40. The number of hydrogen-bond donors (Lipinski definition) is 2. The molecule has 0 fully saturated rings. The molecule has 0 radical (unpaired) electrons. The molecule has 0 aromatic carbocycles.